The molecule has 1 heterocycles. The van der Waals surface area contributed by atoms with Gasteiger partial charge in [0.25, 0.3) is 0 Å². The number of fused-ring (bicyclic) bond motifs is 1. The number of nitrogens with zero attached hydrogens (tertiary/aromatic N) is 2. The molecule has 28 heavy (non-hydrogen) atoms. The van der Waals surface area contributed by atoms with Crippen molar-refractivity contribution in [1.29, 1.82) is 0 Å². The molecule has 156 valence electrons. The molecule has 0 bridgehead atoms. The molecule has 1 N–H and O–H groups in total. The maximum Gasteiger partial charge on any atom is 0.416 e. The molecule has 1 amide bonds. The van der Waals surface area contributed by atoms with Crippen LogP contribution in [0, 0.1) is 5.92 Å². The summed E-state index contributed by atoms with van der Waals surface area (Å²) in [6.45, 7) is 0.0558. The number of sulfonamides is 1. The summed E-state index contributed by atoms with van der Waals surface area (Å²) in [6, 6.07) is 2.53. The van der Waals surface area contributed by atoms with E-state index in [-0.39, 0.29) is 31.8 Å². The standard InChI is InChI=1S/C18H23F3N2O4S/c19-18(20,21)16-6-5-15-10-22(8-7-14(15)9-16)28(26,27)11-17(23(25)12-24)13-3-1-2-4-13/h5-6,9,12-13,17,25H,1-4,7-8,10-11H2. The van der Waals surface area contributed by atoms with Crippen LogP contribution in [-0.2, 0) is 34.0 Å². The second-order valence-corrected chi connectivity index (χ2v) is 9.45. The van der Waals surface area contributed by atoms with Crippen molar-refractivity contribution < 1.29 is 31.6 Å². The van der Waals surface area contributed by atoms with Crippen molar-refractivity contribution in [2.45, 2.75) is 50.9 Å². The van der Waals surface area contributed by atoms with Gasteiger partial charge < -0.3 is 0 Å². The number of rotatable bonds is 6. The van der Waals surface area contributed by atoms with Crippen LogP contribution < -0.4 is 0 Å². The quantitative estimate of drug-likeness (QED) is 0.436. The summed E-state index contributed by atoms with van der Waals surface area (Å²) < 4.78 is 65.6. The highest BCUT2D eigenvalue weighted by molar-refractivity contribution is 7.89. The summed E-state index contributed by atoms with van der Waals surface area (Å²) in [7, 11) is -3.81. The predicted molar refractivity (Wildman–Crippen MR) is 94.8 cm³/mol. The smallest absolute Gasteiger partial charge is 0.286 e. The molecule has 0 spiro atoms. The van der Waals surface area contributed by atoms with E-state index in [1.54, 1.807) is 0 Å². The third-order valence-electron chi connectivity index (χ3n) is 5.68. The van der Waals surface area contributed by atoms with E-state index in [0.29, 0.717) is 16.2 Å². The monoisotopic (exact) mass is 420 g/mol. The highest BCUT2D eigenvalue weighted by Gasteiger charge is 2.37. The minimum Gasteiger partial charge on any atom is -0.286 e. The van der Waals surface area contributed by atoms with Gasteiger partial charge in [0.05, 0.1) is 17.4 Å². The molecule has 1 fully saturated rings. The molecule has 0 saturated heterocycles. The van der Waals surface area contributed by atoms with Gasteiger partial charge in [0, 0.05) is 13.1 Å². The van der Waals surface area contributed by atoms with Gasteiger partial charge in [0.15, 0.2) is 0 Å². The minimum atomic E-state index is -4.44. The molecule has 1 aromatic rings. The van der Waals surface area contributed by atoms with Crippen LogP contribution in [0.4, 0.5) is 13.2 Å². The lowest BCUT2D eigenvalue weighted by Gasteiger charge is -2.33. The molecule has 0 aromatic heterocycles. The van der Waals surface area contributed by atoms with Crippen molar-refractivity contribution in [3.63, 3.8) is 0 Å². The van der Waals surface area contributed by atoms with Crippen LogP contribution in [0.5, 0.6) is 0 Å². The number of halogens is 3. The Morgan fingerprint density at radius 2 is 1.93 bits per heavy atom. The largest absolute Gasteiger partial charge is 0.416 e. The fourth-order valence-corrected chi connectivity index (χ4v) is 5.88. The van der Waals surface area contributed by atoms with Crippen molar-refractivity contribution in [1.82, 2.24) is 9.37 Å². The molecule has 1 aliphatic heterocycles. The van der Waals surface area contributed by atoms with Crippen LogP contribution in [0.15, 0.2) is 18.2 Å². The third kappa shape index (κ3) is 4.49. The number of amides is 1. The highest BCUT2D eigenvalue weighted by atomic mass is 32.2. The van der Waals surface area contributed by atoms with E-state index in [1.165, 1.54) is 10.4 Å². The van der Waals surface area contributed by atoms with Gasteiger partial charge in [0.1, 0.15) is 0 Å². The SMILES string of the molecule is O=CN(O)C(CS(=O)(=O)N1CCc2cc(C(F)(F)F)ccc2C1)C1CCCC1. The van der Waals surface area contributed by atoms with Crippen molar-refractivity contribution in [2.24, 2.45) is 5.92 Å². The molecular weight excluding hydrogens is 397 g/mol. The number of hydrogen-bond acceptors (Lipinski definition) is 4. The topological polar surface area (TPSA) is 77.9 Å². The molecule has 10 heteroatoms. The first-order valence-electron chi connectivity index (χ1n) is 9.21. The Morgan fingerprint density at radius 1 is 1.25 bits per heavy atom. The van der Waals surface area contributed by atoms with E-state index < -0.39 is 33.6 Å². The molecule has 1 saturated carbocycles. The molecule has 1 unspecified atom stereocenters. The Bertz CT molecular complexity index is 823. The normalized spacial score (nSPS) is 20.0. The van der Waals surface area contributed by atoms with Gasteiger partial charge in [-0.15, -0.1) is 0 Å². The fraction of sp³-hybridized carbons (Fsp3) is 0.611. The van der Waals surface area contributed by atoms with Crippen LogP contribution in [0.25, 0.3) is 0 Å². The summed E-state index contributed by atoms with van der Waals surface area (Å²) in [4.78, 5) is 11.0. The lowest BCUT2D eigenvalue weighted by Crippen LogP contribution is -2.47. The molecule has 1 atom stereocenters. The van der Waals surface area contributed by atoms with E-state index in [1.807, 2.05) is 0 Å². The number of hydrogen-bond donors (Lipinski definition) is 1. The van der Waals surface area contributed by atoms with E-state index in [9.17, 15) is 31.6 Å². The highest BCUT2D eigenvalue weighted by Crippen LogP contribution is 2.34. The van der Waals surface area contributed by atoms with Crippen LogP contribution in [0.1, 0.15) is 42.4 Å². The predicted octanol–water partition coefficient (Wildman–Crippen LogP) is 2.80. The molecule has 1 aromatic carbocycles. The van der Waals surface area contributed by atoms with Crippen molar-refractivity contribution in [2.75, 3.05) is 12.3 Å². The first-order valence-corrected chi connectivity index (χ1v) is 10.8. The second-order valence-electron chi connectivity index (χ2n) is 7.44. The van der Waals surface area contributed by atoms with Gasteiger partial charge in [-0.1, -0.05) is 18.9 Å². The Morgan fingerprint density at radius 3 is 2.54 bits per heavy atom. The van der Waals surface area contributed by atoms with Gasteiger partial charge in [-0.2, -0.15) is 17.5 Å². The number of benzene rings is 1. The Kier molecular flexibility index (Phi) is 6.02. The lowest BCUT2D eigenvalue weighted by atomic mass is 9.98. The Labute approximate surface area is 161 Å². The van der Waals surface area contributed by atoms with Gasteiger partial charge in [-0.25, -0.2) is 13.5 Å². The number of alkyl halides is 3. The van der Waals surface area contributed by atoms with E-state index in [4.69, 9.17) is 0 Å². The van der Waals surface area contributed by atoms with E-state index >= 15 is 0 Å². The van der Waals surface area contributed by atoms with Gasteiger partial charge >= 0.3 is 6.18 Å². The van der Waals surface area contributed by atoms with Crippen LogP contribution >= 0.6 is 0 Å². The number of carbonyl (C=O) groups excluding carboxylic acids is 1. The van der Waals surface area contributed by atoms with Crippen LogP contribution in [0.3, 0.4) is 0 Å². The summed E-state index contributed by atoms with van der Waals surface area (Å²) >= 11 is 0. The summed E-state index contributed by atoms with van der Waals surface area (Å²) in [5.74, 6) is -0.487. The molecule has 6 nitrogen and oxygen atoms in total. The zero-order chi connectivity index (χ0) is 20.5. The molecule has 0 radical (unpaired) electrons. The second kappa shape index (κ2) is 8.00. The molecule has 3 rings (SSSR count). The first-order chi connectivity index (χ1) is 13.1. The van der Waals surface area contributed by atoms with Crippen molar-refractivity contribution >= 4 is 16.4 Å². The zero-order valence-electron chi connectivity index (χ0n) is 15.2. The average Bonchev–Trinajstić information content (AvgIpc) is 3.18. The van der Waals surface area contributed by atoms with Gasteiger partial charge in [0.2, 0.25) is 16.4 Å². The Hall–Kier alpha value is -1.65. The Balaban J connectivity index is 1.76. The maximum atomic E-state index is 12.9. The summed E-state index contributed by atoms with van der Waals surface area (Å²) in [6.07, 6.45) is -0.695. The fourth-order valence-electron chi connectivity index (χ4n) is 4.11. The minimum absolute atomic E-state index is 0.0142. The van der Waals surface area contributed by atoms with Crippen LogP contribution in [0.2, 0.25) is 0 Å². The van der Waals surface area contributed by atoms with Crippen molar-refractivity contribution in [3.8, 4) is 0 Å². The third-order valence-corrected chi connectivity index (χ3v) is 7.54. The molecular formula is C18H23F3N2O4S. The molecule has 1 aliphatic carbocycles. The zero-order valence-corrected chi connectivity index (χ0v) is 16.0. The van der Waals surface area contributed by atoms with Gasteiger partial charge in [-0.05, 0) is 48.4 Å². The van der Waals surface area contributed by atoms with Crippen LogP contribution in [-0.4, -0.2) is 47.7 Å². The lowest BCUT2D eigenvalue weighted by molar-refractivity contribution is -0.162. The average molecular weight is 420 g/mol. The van der Waals surface area contributed by atoms with E-state index in [0.717, 1.165) is 37.8 Å². The number of carbonyl (C=O) groups is 1. The maximum absolute atomic E-state index is 12.9. The first kappa shape index (κ1) is 21.1. The summed E-state index contributed by atoms with van der Waals surface area (Å²) in [5, 5.41) is 10.3. The molecule has 2 aliphatic rings. The van der Waals surface area contributed by atoms with Crippen molar-refractivity contribution in [3.05, 3.63) is 34.9 Å². The number of hydroxylamine groups is 2. The summed E-state index contributed by atoms with van der Waals surface area (Å²) in [5.41, 5.74) is 0.285. The van der Waals surface area contributed by atoms with Gasteiger partial charge in [-0.3, -0.25) is 10.0 Å². The van der Waals surface area contributed by atoms with E-state index in [2.05, 4.69) is 0 Å².